The van der Waals surface area contributed by atoms with E-state index >= 15 is 0 Å². The smallest absolute Gasteiger partial charge is 0.318 e. The number of fused-ring (bicyclic) bond motifs is 2. The molecule has 6 rings (SSSR count). The van der Waals surface area contributed by atoms with Gasteiger partial charge in [-0.15, -0.1) is 0 Å². The van der Waals surface area contributed by atoms with Gasteiger partial charge in [0.05, 0.1) is 17.3 Å². The van der Waals surface area contributed by atoms with Crippen LogP contribution in [-0.2, 0) is 17.8 Å². The van der Waals surface area contributed by atoms with E-state index in [4.69, 9.17) is 32.9 Å². The van der Waals surface area contributed by atoms with Gasteiger partial charge in [-0.25, -0.2) is 6.57 Å². The Morgan fingerprint density at radius 1 is 1.21 bits per heavy atom. The molecule has 1 amide bonds. The van der Waals surface area contributed by atoms with Crippen LogP contribution in [0.1, 0.15) is 31.0 Å². The molecule has 0 radical (unpaired) electrons. The van der Waals surface area contributed by atoms with Crippen LogP contribution in [0, 0.1) is 6.57 Å². The maximum Gasteiger partial charge on any atom is 0.318 e. The number of anilines is 2. The molecule has 2 fully saturated rings. The molecule has 43 heavy (non-hydrogen) atoms. The fraction of sp³-hybridized carbons (Fsp3) is 0.455. The van der Waals surface area contributed by atoms with Gasteiger partial charge in [-0.05, 0) is 56.8 Å². The molecule has 3 aliphatic rings. The number of piperazine rings is 1. The number of ether oxygens (including phenoxy) is 1. The minimum atomic E-state index is -0.240. The fourth-order valence-electron chi connectivity index (χ4n) is 6.45. The number of carbonyl (C=O) groups excluding carboxylic acids is 1. The van der Waals surface area contributed by atoms with Crippen molar-refractivity contribution >= 4 is 39.8 Å². The Morgan fingerprint density at radius 3 is 2.74 bits per heavy atom. The van der Waals surface area contributed by atoms with Gasteiger partial charge in [0.25, 0.3) is 0 Å². The first-order chi connectivity index (χ1) is 20.9. The predicted molar refractivity (Wildman–Crippen MR) is 171 cm³/mol. The number of likely N-dealkylation sites (N-methyl/N-ethyl adjacent to an activating group) is 1. The fourth-order valence-corrected chi connectivity index (χ4v) is 6.73. The summed E-state index contributed by atoms with van der Waals surface area (Å²) in [6, 6.07) is 13.1. The van der Waals surface area contributed by atoms with E-state index in [-0.39, 0.29) is 24.6 Å². The van der Waals surface area contributed by atoms with Crippen molar-refractivity contribution in [3.63, 3.8) is 0 Å². The van der Waals surface area contributed by atoms with Crippen LogP contribution in [0.4, 0.5) is 11.5 Å². The van der Waals surface area contributed by atoms with Gasteiger partial charge < -0.3 is 24.3 Å². The number of rotatable bonds is 9. The highest BCUT2D eigenvalue weighted by atomic mass is 35.5. The lowest BCUT2D eigenvalue weighted by atomic mass is 10.0. The average molecular weight is 600 g/mol. The number of carbonyl (C=O) groups is 1. The average Bonchev–Trinajstić information content (AvgIpc) is 3.86. The third-order valence-corrected chi connectivity index (χ3v) is 9.07. The van der Waals surface area contributed by atoms with E-state index in [2.05, 4.69) is 64.4 Å². The molecule has 1 aliphatic carbocycles. The van der Waals surface area contributed by atoms with Crippen molar-refractivity contribution in [2.24, 2.45) is 0 Å². The molecule has 2 atom stereocenters. The minimum Gasteiger partial charge on any atom is -0.459 e. The first-order valence-electron chi connectivity index (χ1n) is 15.1. The van der Waals surface area contributed by atoms with Crippen LogP contribution in [-0.4, -0.2) is 90.2 Å². The molecule has 3 heterocycles. The Balaban J connectivity index is 1.33. The number of aromatic nitrogens is 2. The quantitative estimate of drug-likeness (QED) is 0.258. The van der Waals surface area contributed by atoms with Crippen LogP contribution in [0.5, 0.6) is 6.01 Å². The Morgan fingerprint density at radius 2 is 2.00 bits per heavy atom. The summed E-state index contributed by atoms with van der Waals surface area (Å²) in [5.41, 5.74) is 3.12. The van der Waals surface area contributed by atoms with E-state index in [1.165, 1.54) is 18.9 Å². The molecule has 10 heteroatoms. The molecule has 1 aromatic heterocycles. The van der Waals surface area contributed by atoms with Gasteiger partial charge in [0.2, 0.25) is 12.5 Å². The normalized spacial score (nSPS) is 19.2. The van der Waals surface area contributed by atoms with Crippen LogP contribution in [0.3, 0.4) is 0 Å². The van der Waals surface area contributed by atoms with E-state index < -0.39 is 0 Å². The molecule has 2 aromatic carbocycles. The summed E-state index contributed by atoms with van der Waals surface area (Å²) in [7, 11) is 2.14. The number of halogens is 1. The zero-order valence-electron chi connectivity index (χ0n) is 24.9. The molecule has 0 spiro atoms. The summed E-state index contributed by atoms with van der Waals surface area (Å²) in [5.74, 6) is 0.707. The highest BCUT2D eigenvalue weighted by Gasteiger charge is 2.35. The van der Waals surface area contributed by atoms with Crippen LogP contribution >= 0.6 is 11.6 Å². The molecular weight excluding hydrogens is 562 g/mol. The summed E-state index contributed by atoms with van der Waals surface area (Å²) >= 11 is 6.70. The highest BCUT2D eigenvalue weighted by molar-refractivity contribution is 6.36. The van der Waals surface area contributed by atoms with Gasteiger partial charge >= 0.3 is 6.01 Å². The lowest BCUT2D eigenvalue weighted by Crippen LogP contribution is -2.56. The molecular formula is C33H38ClN7O2. The van der Waals surface area contributed by atoms with Crippen molar-refractivity contribution in [2.45, 2.75) is 50.9 Å². The van der Waals surface area contributed by atoms with Gasteiger partial charge in [-0.2, -0.15) is 9.97 Å². The van der Waals surface area contributed by atoms with Crippen molar-refractivity contribution in [2.75, 3.05) is 56.1 Å². The van der Waals surface area contributed by atoms with Gasteiger partial charge in [0.1, 0.15) is 18.0 Å². The topological polar surface area (TPSA) is 69.4 Å². The van der Waals surface area contributed by atoms with E-state index in [0.29, 0.717) is 38.2 Å². The van der Waals surface area contributed by atoms with Crippen LogP contribution in [0.25, 0.3) is 15.6 Å². The minimum absolute atomic E-state index is 0.0787. The molecule has 0 unspecified atom stereocenters. The van der Waals surface area contributed by atoms with Crippen molar-refractivity contribution in [1.82, 2.24) is 19.8 Å². The standard InChI is InChI=1S/C33H38ClN7O2/c1-5-30(42)41-17-16-40(20-25(41)18-35-3)32-26-14-15-39(29-11-7-9-23-8-6-10-27(34)31(23)29)21-28(26)36-33(37-32)43-22(2)19-38(4)24-12-13-24/h5-11,22,24-25H,1,12-21H2,2,4H3/t22-,25-/m0/s1. The number of benzene rings is 2. The molecule has 1 saturated heterocycles. The van der Waals surface area contributed by atoms with Gasteiger partial charge in [-0.1, -0.05) is 42.4 Å². The Kier molecular flexibility index (Phi) is 8.42. The number of hydrogen-bond acceptors (Lipinski definition) is 7. The van der Waals surface area contributed by atoms with E-state index in [1.807, 2.05) is 12.1 Å². The van der Waals surface area contributed by atoms with Crippen LogP contribution in [0.2, 0.25) is 5.02 Å². The van der Waals surface area contributed by atoms with Crippen molar-refractivity contribution in [3.8, 4) is 6.01 Å². The number of nitrogens with zero attached hydrogens (tertiary/aromatic N) is 7. The monoisotopic (exact) mass is 599 g/mol. The second kappa shape index (κ2) is 12.4. The van der Waals surface area contributed by atoms with Gasteiger partial charge in [0.15, 0.2) is 0 Å². The van der Waals surface area contributed by atoms with Crippen molar-refractivity contribution in [1.29, 1.82) is 0 Å². The largest absolute Gasteiger partial charge is 0.459 e. The molecule has 2 aliphatic heterocycles. The molecule has 224 valence electrons. The SMILES string of the molecule is [C-]#[N+]C[C@H]1CN(c2nc(O[C@@H](C)CN(C)C3CC3)nc3c2CCN(c2cccc4cccc(Cl)c24)C3)CCN1C(=O)C=C. The van der Waals surface area contributed by atoms with Crippen LogP contribution in [0.15, 0.2) is 49.1 Å². The summed E-state index contributed by atoms with van der Waals surface area (Å²) < 4.78 is 6.39. The zero-order valence-corrected chi connectivity index (χ0v) is 25.6. The summed E-state index contributed by atoms with van der Waals surface area (Å²) in [5, 5.41) is 2.88. The highest BCUT2D eigenvalue weighted by Crippen LogP contribution is 2.37. The first kappa shape index (κ1) is 29.2. The van der Waals surface area contributed by atoms with E-state index in [9.17, 15) is 4.79 Å². The third-order valence-electron chi connectivity index (χ3n) is 8.76. The Labute approximate surface area is 258 Å². The lowest BCUT2D eigenvalue weighted by Gasteiger charge is -2.41. The molecule has 3 aromatic rings. The second-order valence-corrected chi connectivity index (χ2v) is 12.2. The third kappa shape index (κ3) is 6.13. The van der Waals surface area contributed by atoms with Crippen LogP contribution < -0.4 is 14.5 Å². The lowest BCUT2D eigenvalue weighted by molar-refractivity contribution is -0.128. The summed E-state index contributed by atoms with van der Waals surface area (Å²) in [6.07, 6.45) is 4.49. The molecule has 1 saturated carbocycles. The second-order valence-electron chi connectivity index (χ2n) is 11.8. The Hall–Kier alpha value is -3.87. The van der Waals surface area contributed by atoms with Gasteiger partial charge in [-0.3, -0.25) is 9.69 Å². The maximum atomic E-state index is 12.6. The first-order valence-corrected chi connectivity index (χ1v) is 15.4. The molecule has 0 bridgehead atoms. The van der Waals surface area contributed by atoms with Gasteiger partial charge in [0, 0.05) is 55.4 Å². The zero-order chi connectivity index (χ0) is 30.1. The van der Waals surface area contributed by atoms with Crippen molar-refractivity contribution in [3.05, 3.63) is 76.8 Å². The number of amides is 1. The molecule has 9 nitrogen and oxygen atoms in total. The predicted octanol–water partition coefficient (Wildman–Crippen LogP) is 4.83. The summed E-state index contributed by atoms with van der Waals surface area (Å²) in [4.78, 5) is 34.8. The maximum absolute atomic E-state index is 12.6. The number of hydrogen-bond donors (Lipinski definition) is 0. The summed E-state index contributed by atoms with van der Waals surface area (Å²) in [6.45, 7) is 17.3. The molecule has 0 N–H and O–H groups in total. The van der Waals surface area contributed by atoms with E-state index in [1.54, 1.807) is 4.90 Å². The van der Waals surface area contributed by atoms with Crippen molar-refractivity contribution < 1.29 is 9.53 Å². The van der Waals surface area contributed by atoms with E-state index in [0.717, 1.165) is 58.1 Å². The Bertz CT molecular complexity index is 1560.